The number of fused-ring (bicyclic) bond motifs is 6. The van der Waals surface area contributed by atoms with Gasteiger partial charge in [0.25, 0.3) is 0 Å². The molecule has 8 aromatic rings. The van der Waals surface area contributed by atoms with Gasteiger partial charge in [-0.1, -0.05) is 315 Å². The zero-order valence-corrected chi connectivity index (χ0v) is 51.0. The lowest BCUT2D eigenvalue weighted by Crippen LogP contribution is -2.26. The molecule has 2 aliphatic rings. The third-order valence-corrected chi connectivity index (χ3v) is 19.4. The molecule has 1 aromatic heterocycles. The molecule has 0 saturated heterocycles. The van der Waals surface area contributed by atoms with Crippen molar-refractivity contribution in [2.45, 2.75) is 218 Å². The largest absolute Gasteiger partial charge is 0.256 e. The summed E-state index contributed by atoms with van der Waals surface area (Å²) < 4.78 is 0. The first-order valence-electron chi connectivity index (χ1n) is 33.3. The minimum atomic E-state index is -0.0445. The third-order valence-electron chi connectivity index (χ3n) is 19.4. The van der Waals surface area contributed by atoms with Gasteiger partial charge in [-0.25, -0.2) is 0 Å². The first kappa shape index (κ1) is 58.9. The number of hydrogen-bond donors (Lipinski definition) is 0. The summed E-state index contributed by atoms with van der Waals surface area (Å²) in [5.74, 6) is 0. The monoisotopic (exact) mass is 1080 g/mol. The van der Waals surface area contributed by atoms with E-state index in [1.165, 1.54) is 247 Å². The van der Waals surface area contributed by atoms with Gasteiger partial charge in [0.05, 0.1) is 5.69 Å². The van der Waals surface area contributed by atoms with E-state index in [0.717, 1.165) is 11.3 Å². The highest BCUT2D eigenvalue weighted by Gasteiger charge is 2.45. The average Bonchev–Trinajstić information content (AvgIpc) is 2.72. The van der Waals surface area contributed by atoms with Crippen LogP contribution in [-0.4, -0.2) is 4.98 Å². The van der Waals surface area contributed by atoms with E-state index in [4.69, 9.17) is 4.98 Å². The van der Waals surface area contributed by atoms with Crippen molar-refractivity contribution in [3.8, 4) is 78.0 Å². The number of unbranched alkanes of at least 4 members (excludes halogenated alkanes) is 20. The van der Waals surface area contributed by atoms with Crippen LogP contribution < -0.4 is 0 Å². The number of nitrogens with zero attached hydrogens (tertiary/aromatic N) is 1. The zero-order valence-electron chi connectivity index (χ0n) is 51.0. The van der Waals surface area contributed by atoms with Crippen LogP contribution in [0.3, 0.4) is 0 Å². The number of aromatic nitrogens is 1. The Hall–Kier alpha value is -6.31. The van der Waals surface area contributed by atoms with Gasteiger partial charge in [-0.3, -0.25) is 4.98 Å². The lowest BCUT2D eigenvalue weighted by Gasteiger charge is -2.34. The van der Waals surface area contributed by atoms with Gasteiger partial charge in [-0.15, -0.1) is 0 Å². The van der Waals surface area contributed by atoms with Gasteiger partial charge in [0.1, 0.15) is 0 Å². The lowest BCUT2D eigenvalue weighted by molar-refractivity contribution is 0.397. The maximum atomic E-state index is 4.74. The average molecular weight is 1080 g/mol. The van der Waals surface area contributed by atoms with Gasteiger partial charge in [0, 0.05) is 22.6 Å². The Morgan fingerprint density at radius 2 is 0.512 bits per heavy atom. The standard InChI is InChI=1S/C81H97N/c1-5-9-13-17-21-31-52-80(53-32-22-18-14-10-6-2)75-57-66(62-35-27-25-28-36-62)43-47-71(75)73-49-45-68(59-77(73)80)69-46-50-74-72-48-44-67(63-39-41-64(42-40-63)70-51-56-82-79(61-70)65-37-29-26-30-38-65)58-76(72)81(78(74)60-69,54-33-23-19-15-11-7-3)55-34-24-20-16-12-8-4/h25-30,35-51,56-61H,5-24,31-34,52-55H2,1-4H3. The maximum absolute atomic E-state index is 4.74. The first-order valence-corrected chi connectivity index (χ1v) is 33.3. The van der Waals surface area contributed by atoms with Crippen molar-refractivity contribution < 1.29 is 0 Å². The van der Waals surface area contributed by atoms with Crippen molar-refractivity contribution in [2.24, 2.45) is 0 Å². The Morgan fingerprint density at radius 1 is 0.244 bits per heavy atom. The molecule has 7 aromatic carbocycles. The fourth-order valence-corrected chi connectivity index (χ4v) is 14.7. The Balaban J connectivity index is 1.05. The van der Waals surface area contributed by atoms with Gasteiger partial charge in [0.15, 0.2) is 0 Å². The Morgan fingerprint density at radius 3 is 0.854 bits per heavy atom. The number of rotatable bonds is 33. The van der Waals surface area contributed by atoms with Crippen LogP contribution in [-0.2, 0) is 10.8 Å². The van der Waals surface area contributed by atoms with E-state index in [2.05, 4.69) is 198 Å². The molecular weight excluding hydrogens is 987 g/mol. The molecule has 1 heterocycles. The van der Waals surface area contributed by atoms with Crippen LogP contribution >= 0.6 is 0 Å². The van der Waals surface area contributed by atoms with Crippen molar-refractivity contribution in [2.75, 3.05) is 0 Å². The molecule has 10 rings (SSSR count). The highest BCUT2D eigenvalue weighted by Crippen LogP contribution is 2.58. The van der Waals surface area contributed by atoms with Crippen molar-refractivity contribution in [1.29, 1.82) is 0 Å². The third kappa shape index (κ3) is 13.5. The molecule has 0 fully saturated rings. The Bertz CT molecular complexity index is 3220. The second-order valence-corrected chi connectivity index (χ2v) is 25.0. The molecule has 0 saturated carbocycles. The van der Waals surface area contributed by atoms with Gasteiger partial charge in [-0.2, -0.15) is 0 Å². The molecule has 0 radical (unpaired) electrons. The number of benzene rings is 7. The van der Waals surface area contributed by atoms with Crippen LogP contribution in [0.2, 0.25) is 0 Å². The smallest absolute Gasteiger partial charge is 0.0708 e. The topological polar surface area (TPSA) is 12.9 Å². The van der Waals surface area contributed by atoms with Crippen LogP contribution in [0.1, 0.15) is 230 Å². The summed E-state index contributed by atoms with van der Waals surface area (Å²) in [4.78, 5) is 4.74. The van der Waals surface area contributed by atoms with E-state index < -0.39 is 0 Å². The lowest BCUT2D eigenvalue weighted by atomic mass is 9.69. The Labute approximate surface area is 496 Å². The van der Waals surface area contributed by atoms with Gasteiger partial charge < -0.3 is 0 Å². The predicted molar refractivity (Wildman–Crippen MR) is 356 cm³/mol. The molecule has 2 aliphatic carbocycles. The van der Waals surface area contributed by atoms with E-state index >= 15 is 0 Å². The summed E-state index contributed by atoms with van der Waals surface area (Å²) in [6.07, 6.45) is 38.5. The quantitative estimate of drug-likeness (QED) is 0.0374. The van der Waals surface area contributed by atoms with Crippen LogP contribution in [0.15, 0.2) is 176 Å². The SMILES string of the molecule is CCCCCCCCC1(CCCCCCCC)c2cc(-c3ccccc3)ccc2-c2ccc(-c3ccc4c(c3)C(CCCCCCCC)(CCCCCCCC)c3cc(-c5ccc(-c6ccnc(-c7ccccc7)c6)cc5)ccc3-4)cc21. The second kappa shape index (κ2) is 29.3. The number of pyridine rings is 1. The van der Waals surface area contributed by atoms with Crippen molar-refractivity contribution in [3.05, 3.63) is 198 Å². The molecule has 0 atom stereocenters. The van der Waals surface area contributed by atoms with Crippen LogP contribution in [0.25, 0.3) is 78.0 Å². The molecule has 426 valence electrons. The minimum Gasteiger partial charge on any atom is -0.256 e. The number of hydrogen-bond acceptors (Lipinski definition) is 1. The van der Waals surface area contributed by atoms with Crippen LogP contribution in [0.5, 0.6) is 0 Å². The van der Waals surface area contributed by atoms with E-state index in [-0.39, 0.29) is 10.8 Å². The van der Waals surface area contributed by atoms with E-state index in [0.29, 0.717) is 0 Å². The normalized spacial score (nSPS) is 13.5. The summed E-state index contributed by atoms with van der Waals surface area (Å²) in [6, 6.07) is 66.1. The van der Waals surface area contributed by atoms with Gasteiger partial charge >= 0.3 is 0 Å². The molecule has 0 bridgehead atoms. The van der Waals surface area contributed by atoms with Gasteiger partial charge in [-0.05, 0) is 151 Å². The Kier molecular flexibility index (Phi) is 21.0. The summed E-state index contributed by atoms with van der Waals surface area (Å²) in [5.41, 5.74) is 24.8. The molecule has 0 spiro atoms. The first-order chi connectivity index (χ1) is 40.5. The van der Waals surface area contributed by atoms with Crippen molar-refractivity contribution in [3.63, 3.8) is 0 Å². The van der Waals surface area contributed by atoms with Crippen molar-refractivity contribution in [1.82, 2.24) is 4.98 Å². The van der Waals surface area contributed by atoms with Crippen molar-refractivity contribution >= 4 is 0 Å². The zero-order chi connectivity index (χ0) is 56.4. The fraction of sp³-hybridized carbons (Fsp3) is 0.420. The summed E-state index contributed by atoms with van der Waals surface area (Å²) in [5, 5.41) is 0. The summed E-state index contributed by atoms with van der Waals surface area (Å²) in [6.45, 7) is 9.38. The second-order valence-electron chi connectivity index (χ2n) is 25.0. The van der Waals surface area contributed by atoms with Crippen LogP contribution in [0.4, 0.5) is 0 Å². The summed E-state index contributed by atoms with van der Waals surface area (Å²) in [7, 11) is 0. The van der Waals surface area contributed by atoms with E-state index in [1.54, 1.807) is 22.3 Å². The molecule has 0 aliphatic heterocycles. The highest BCUT2D eigenvalue weighted by atomic mass is 14.7. The highest BCUT2D eigenvalue weighted by molar-refractivity contribution is 5.89. The molecule has 0 amide bonds. The predicted octanol–water partition coefficient (Wildman–Crippen LogP) is 25.0. The van der Waals surface area contributed by atoms with Crippen LogP contribution in [0, 0.1) is 0 Å². The molecule has 1 heteroatoms. The molecule has 1 nitrogen and oxygen atoms in total. The minimum absolute atomic E-state index is 0.00867. The van der Waals surface area contributed by atoms with Gasteiger partial charge in [0.2, 0.25) is 0 Å². The molecule has 0 N–H and O–H groups in total. The molecule has 82 heavy (non-hydrogen) atoms. The fourth-order valence-electron chi connectivity index (χ4n) is 14.7. The molecular formula is C81H97N. The maximum Gasteiger partial charge on any atom is 0.0708 e. The molecule has 0 unspecified atom stereocenters. The van der Waals surface area contributed by atoms with E-state index in [9.17, 15) is 0 Å². The van der Waals surface area contributed by atoms with E-state index in [1.807, 2.05) is 6.20 Å². The summed E-state index contributed by atoms with van der Waals surface area (Å²) >= 11 is 0.